The third kappa shape index (κ3) is 2.47. The molecule has 2 rings (SSSR count). The number of aromatic amines is 1. The molecule has 1 heterocycles. The summed E-state index contributed by atoms with van der Waals surface area (Å²) >= 11 is 5.80. The number of para-hydroxylation sites is 1. The number of hydrogen-bond acceptors (Lipinski definition) is 2. The molecule has 0 saturated heterocycles. The van der Waals surface area contributed by atoms with Crippen LogP contribution in [0.25, 0.3) is 0 Å². The minimum absolute atomic E-state index is 0.186. The summed E-state index contributed by atoms with van der Waals surface area (Å²) < 4.78 is 0. The number of H-pyrrole nitrogens is 1. The lowest BCUT2D eigenvalue weighted by molar-refractivity contribution is 0.102. The van der Waals surface area contributed by atoms with Crippen molar-refractivity contribution in [2.24, 2.45) is 0 Å². The van der Waals surface area contributed by atoms with Gasteiger partial charge in [-0.05, 0) is 18.6 Å². The monoisotopic (exact) mass is 249 g/mol. The van der Waals surface area contributed by atoms with Gasteiger partial charge in [0, 0.05) is 17.3 Å². The molecule has 88 valence electrons. The minimum Gasteiger partial charge on any atom is -0.322 e. The van der Waals surface area contributed by atoms with Gasteiger partial charge in [0.05, 0.1) is 11.8 Å². The zero-order valence-corrected chi connectivity index (χ0v) is 10.1. The topological polar surface area (TPSA) is 57.8 Å². The van der Waals surface area contributed by atoms with Crippen molar-refractivity contribution >= 4 is 23.2 Å². The quantitative estimate of drug-likeness (QED) is 0.822. The van der Waals surface area contributed by atoms with E-state index < -0.39 is 0 Å². The van der Waals surface area contributed by atoms with E-state index in [0.29, 0.717) is 11.4 Å². The number of aryl methyl sites for hydroxylation is 1. The Kier molecular flexibility index (Phi) is 3.44. The molecule has 1 aromatic heterocycles. The van der Waals surface area contributed by atoms with Gasteiger partial charge in [-0.3, -0.25) is 9.89 Å². The molecule has 2 N–H and O–H groups in total. The van der Waals surface area contributed by atoms with E-state index >= 15 is 0 Å². The smallest absolute Gasteiger partial charge is 0.259 e. The van der Waals surface area contributed by atoms with Gasteiger partial charge in [-0.15, -0.1) is 11.6 Å². The third-order valence-electron chi connectivity index (χ3n) is 2.48. The first kappa shape index (κ1) is 11.7. The summed E-state index contributed by atoms with van der Waals surface area (Å²) in [6.07, 6.45) is 1.51. The van der Waals surface area contributed by atoms with Gasteiger partial charge < -0.3 is 5.32 Å². The van der Waals surface area contributed by atoms with Gasteiger partial charge in [0.15, 0.2) is 0 Å². The van der Waals surface area contributed by atoms with Crippen LogP contribution in [-0.4, -0.2) is 16.1 Å². The zero-order chi connectivity index (χ0) is 12.3. The molecule has 0 atom stereocenters. The second kappa shape index (κ2) is 5.01. The highest BCUT2D eigenvalue weighted by molar-refractivity contribution is 6.17. The Bertz CT molecular complexity index is 536. The van der Waals surface area contributed by atoms with Gasteiger partial charge in [0.25, 0.3) is 5.91 Å². The predicted octanol–water partition coefficient (Wildman–Crippen LogP) is 2.71. The summed E-state index contributed by atoms with van der Waals surface area (Å²) in [4.78, 5) is 11.9. The van der Waals surface area contributed by atoms with Crippen LogP contribution in [0.4, 0.5) is 5.69 Å². The van der Waals surface area contributed by atoms with Crippen LogP contribution >= 0.6 is 11.6 Å². The number of aromatic nitrogens is 2. The molecule has 0 unspecified atom stereocenters. The maximum atomic E-state index is 11.9. The molecule has 0 radical (unpaired) electrons. The van der Waals surface area contributed by atoms with E-state index in [1.165, 1.54) is 6.20 Å². The fourth-order valence-electron chi connectivity index (χ4n) is 1.53. The van der Waals surface area contributed by atoms with Crippen LogP contribution in [-0.2, 0) is 5.88 Å². The molecule has 0 spiro atoms. The van der Waals surface area contributed by atoms with Crippen molar-refractivity contribution in [3.05, 3.63) is 47.3 Å². The molecular formula is C12H12ClN3O. The lowest BCUT2D eigenvalue weighted by Crippen LogP contribution is -2.13. The highest BCUT2D eigenvalue weighted by Gasteiger charge is 2.12. The number of anilines is 1. The van der Waals surface area contributed by atoms with Crippen LogP contribution in [0.5, 0.6) is 0 Å². The van der Waals surface area contributed by atoms with E-state index in [1.54, 1.807) is 6.92 Å². The van der Waals surface area contributed by atoms with Crippen LogP contribution in [0, 0.1) is 6.92 Å². The zero-order valence-electron chi connectivity index (χ0n) is 9.33. The first-order chi connectivity index (χ1) is 8.22. The number of amides is 1. The largest absolute Gasteiger partial charge is 0.322 e. The molecule has 4 nitrogen and oxygen atoms in total. The van der Waals surface area contributed by atoms with Crippen LogP contribution in [0.15, 0.2) is 30.5 Å². The first-order valence-corrected chi connectivity index (χ1v) is 5.71. The van der Waals surface area contributed by atoms with Crippen molar-refractivity contribution in [2.45, 2.75) is 12.8 Å². The molecular weight excluding hydrogens is 238 g/mol. The summed E-state index contributed by atoms with van der Waals surface area (Å²) in [6.45, 7) is 1.80. The normalized spacial score (nSPS) is 10.2. The van der Waals surface area contributed by atoms with Gasteiger partial charge in [0.2, 0.25) is 0 Å². The number of nitrogens with zero attached hydrogens (tertiary/aromatic N) is 1. The summed E-state index contributed by atoms with van der Waals surface area (Å²) in [6, 6.07) is 7.44. The van der Waals surface area contributed by atoms with E-state index in [0.717, 1.165) is 16.9 Å². The van der Waals surface area contributed by atoms with Crippen molar-refractivity contribution in [1.82, 2.24) is 10.2 Å². The number of nitrogens with one attached hydrogen (secondary N) is 2. The van der Waals surface area contributed by atoms with E-state index in [9.17, 15) is 4.79 Å². The van der Waals surface area contributed by atoms with Gasteiger partial charge in [-0.2, -0.15) is 5.10 Å². The van der Waals surface area contributed by atoms with Gasteiger partial charge >= 0.3 is 0 Å². The maximum Gasteiger partial charge on any atom is 0.259 e. The Morgan fingerprint density at radius 1 is 1.47 bits per heavy atom. The van der Waals surface area contributed by atoms with Crippen molar-refractivity contribution in [2.75, 3.05) is 5.32 Å². The predicted molar refractivity (Wildman–Crippen MR) is 67.3 cm³/mol. The summed E-state index contributed by atoms with van der Waals surface area (Å²) in [5, 5.41) is 9.36. The lowest BCUT2D eigenvalue weighted by Gasteiger charge is -2.08. The number of carbonyl (C=O) groups is 1. The van der Waals surface area contributed by atoms with Gasteiger partial charge in [0.1, 0.15) is 0 Å². The van der Waals surface area contributed by atoms with Crippen molar-refractivity contribution in [3.63, 3.8) is 0 Å². The third-order valence-corrected chi connectivity index (χ3v) is 2.77. The maximum absolute atomic E-state index is 11.9. The molecule has 0 saturated carbocycles. The van der Waals surface area contributed by atoms with E-state index in [-0.39, 0.29) is 5.91 Å². The summed E-state index contributed by atoms with van der Waals surface area (Å²) in [5.41, 5.74) is 2.90. The average Bonchev–Trinajstić information content (AvgIpc) is 2.76. The van der Waals surface area contributed by atoms with E-state index in [1.807, 2.05) is 24.3 Å². The van der Waals surface area contributed by atoms with Crippen molar-refractivity contribution < 1.29 is 4.79 Å². The average molecular weight is 250 g/mol. The number of halogens is 1. The first-order valence-electron chi connectivity index (χ1n) is 5.17. The molecule has 2 aromatic rings. The second-order valence-corrected chi connectivity index (χ2v) is 3.92. The number of alkyl halides is 1. The Morgan fingerprint density at radius 3 is 2.88 bits per heavy atom. The molecule has 0 fully saturated rings. The van der Waals surface area contributed by atoms with Crippen LogP contribution in [0.1, 0.15) is 21.6 Å². The molecule has 0 bridgehead atoms. The lowest BCUT2D eigenvalue weighted by atomic mass is 10.2. The molecule has 5 heteroatoms. The Morgan fingerprint density at radius 2 is 2.24 bits per heavy atom. The molecule has 0 aliphatic heterocycles. The minimum atomic E-state index is -0.186. The number of carbonyl (C=O) groups excluding carboxylic acids is 1. The highest BCUT2D eigenvalue weighted by Crippen LogP contribution is 2.18. The van der Waals surface area contributed by atoms with Crippen LogP contribution in [0.3, 0.4) is 0 Å². The molecule has 0 aliphatic rings. The molecule has 0 aliphatic carbocycles. The fraction of sp³-hybridized carbons (Fsp3) is 0.167. The molecule has 1 aromatic carbocycles. The van der Waals surface area contributed by atoms with Gasteiger partial charge in [-0.1, -0.05) is 18.2 Å². The van der Waals surface area contributed by atoms with Crippen LogP contribution < -0.4 is 5.32 Å². The molecule has 17 heavy (non-hydrogen) atoms. The Balaban J connectivity index is 2.22. The number of hydrogen-bond donors (Lipinski definition) is 2. The van der Waals surface area contributed by atoms with E-state index in [2.05, 4.69) is 15.5 Å². The number of rotatable bonds is 3. The second-order valence-electron chi connectivity index (χ2n) is 3.65. The summed E-state index contributed by atoms with van der Waals surface area (Å²) in [5.74, 6) is 0.176. The van der Waals surface area contributed by atoms with Gasteiger partial charge in [-0.25, -0.2) is 0 Å². The molecule has 1 amide bonds. The standard InChI is InChI=1S/C12H12ClN3O/c1-8-10(7-14-16-8)12(17)15-11-5-3-2-4-9(11)6-13/h2-5,7H,6H2,1H3,(H,14,16)(H,15,17). The van der Waals surface area contributed by atoms with E-state index in [4.69, 9.17) is 11.6 Å². The Hall–Kier alpha value is -1.81. The Labute approximate surface area is 104 Å². The SMILES string of the molecule is Cc1[nH]ncc1C(=O)Nc1ccccc1CCl. The highest BCUT2D eigenvalue weighted by atomic mass is 35.5. The number of benzene rings is 1. The summed E-state index contributed by atoms with van der Waals surface area (Å²) in [7, 11) is 0. The van der Waals surface area contributed by atoms with Crippen LogP contribution in [0.2, 0.25) is 0 Å². The fourth-order valence-corrected chi connectivity index (χ4v) is 1.76. The van der Waals surface area contributed by atoms with Crippen molar-refractivity contribution in [3.8, 4) is 0 Å². The van der Waals surface area contributed by atoms with Crippen molar-refractivity contribution in [1.29, 1.82) is 0 Å².